The Kier molecular flexibility index (Phi) is 9.95. The molecule has 0 saturated carbocycles. The van der Waals surface area contributed by atoms with Gasteiger partial charge in [-0.1, -0.05) is 63.1 Å². The van der Waals surface area contributed by atoms with Crippen LogP contribution in [0.5, 0.6) is 0 Å². The van der Waals surface area contributed by atoms with E-state index in [2.05, 4.69) is 6.58 Å². The van der Waals surface area contributed by atoms with E-state index in [1.54, 1.807) is 6.08 Å². The second kappa shape index (κ2) is 10.8. The summed E-state index contributed by atoms with van der Waals surface area (Å²) in [4.78, 5) is 25.6. The van der Waals surface area contributed by atoms with E-state index in [0.717, 1.165) is 24.0 Å². The van der Waals surface area contributed by atoms with Crippen molar-refractivity contribution in [2.75, 3.05) is 6.54 Å². The fourth-order valence-electron chi connectivity index (χ4n) is 2.25. The van der Waals surface area contributed by atoms with Crippen LogP contribution in [0.25, 0.3) is 0 Å². The lowest BCUT2D eigenvalue weighted by Gasteiger charge is -2.32. The number of unbranched alkanes of at least 4 members (excludes halogenated alkanes) is 1. The first kappa shape index (κ1) is 21.2. The van der Waals surface area contributed by atoms with Gasteiger partial charge in [-0.25, -0.2) is 4.79 Å². The molecule has 1 amide bonds. The number of carbonyl (C=O) groups is 2. The standard InChI is InChI=1S/C19H31NO3/c1-7-9-10-17(21)20(18(14(3)4)19(22)23)13-16(6)12-11-15(5)8-2/h8,11-12,14,18H,2,7,9-10,13H2,1,3-6H3,(H,22,23)/b15-11-,16-12+. The third-order valence-corrected chi connectivity index (χ3v) is 3.66. The van der Waals surface area contributed by atoms with E-state index < -0.39 is 12.0 Å². The molecule has 4 nitrogen and oxygen atoms in total. The fraction of sp³-hybridized carbons (Fsp3) is 0.579. The van der Waals surface area contributed by atoms with Crippen molar-refractivity contribution >= 4 is 11.9 Å². The van der Waals surface area contributed by atoms with Gasteiger partial charge in [-0.3, -0.25) is 4.79 Å². The largest absolute Gasteiger partial charge is 0.480 e. The van der Waals surface area contributed by atoms with Crippen LogP contribution in [0.2, 0.25) is 0 Å². The molecule has 0 aromatic rings. The Morgan fingerprint density at radius 2 is 1.83 bits per heavy atom. The Morgan fingerprint density at radius 1 is 1.22 bits per heavy atom. The van der Waals surface area contributed by atoms with Gasteiger partial charge < -0.3 is 10.0 Å². The van der Waals surface area contributed by atoms with E-state index in [-0.39, 0.29) is 11.8 Å². The van der Waals surface area contributed by atoms with Gasteiger partial charge in [0.25, 0.3) is 0 Å². The smallest absolute Gasteiger partial charge is 0.326 e. The van der Waals surface area contributed by atoms with E-state index in [1.807, 2.05) is 46.8 Å². The summed E-state index contributed by atoms with van der Waals surface area (Å²) in [5.41, 5.74) is 1.97. The van der Waals surface area contributed by atoms with Crippen LogP contribution in [0.3, 0.4) is 0 Å². The molecule has 0 aromatic carbocycles. The van der Waals surface area contributed by atoms with Gasteiger partial charge in [-0.15, -0.1) is 0 Å². The molecule has 0 heterocycles. The number of hydrogen-bond donors (Lipinski definition) is 1. The Labute approximate surface area is 140 Å². The molecule has 130 valence electrons. The predicted octanol–water partition coefficient (Wildman–Crippen LogP) is 4.19. The first-order valence-electron chi connectivity index (χ1n) is 8.23. The minimum Gasteiger partial charge on any atom is -0.480 e. The number of carboxylic acid groups (broad SMARTS) is 1. The van der Waals surface area contributed by atoms with Crippen molar-refractivity contribution in [3.8, 4) is 0 Å². The number of carboxylic acids is 1. The highest BCUT2D eigenvalue weighted by molar-refractivity contribution is 5.84. The Hall–Kier alpha value is -1.84. The molecule has 1 atom stereocenters. The molecule has 4 heteroatoms. The van der Waals surface area contributed by atoms with Crippen molar-refractivity contribution < 1.29 is 14.7 Å². The van der Waals surface area contributed by atoms with Crippen LogP contribution in [0.4, 0.5) is 0 Å². The number of nitrogens with zero attached hydrogens (tertiary/aromatic N) is 1. The topological polar surface area (TPSA) is 57.6 Å². The summed E-state index contributed by atoms with van der Waals surface area (Å²) < 4.78 is 0. The van der Waals surface area contributed by atoms with Crippen LogP contribution in [0.1, 0.15) is 53.9 Å². The minimum atomic E-state index is -0.949. The van der Waals surface area contributed by atoms with E-state index >= 15 is 0 Å². The molecule has 0 bridgehead atoms. The van der Waals surface area contributed by atoms with Gasteiger partial charge in [0.15, 0.2) is 0 Å². The molecular formula is C19H31NO3. The second-order valence-electron chi connectivity index (χ2n) is 6.28. The Morgan fingerprint density at radius 3 is 2.26 bits per heavy atom. The van der Waals surface area contributed by atoms with Gasteiger partial charge >= 0.3 is 5.97 Å². The summed E-state index contributed by atoms with van der Waals surface area (Å²) in [6.07, 6.45) is 7.66. The van der Waals surface area contributed by atoms with E-state index in [0.29, 0.717) is 13.0 Å². The highest BCUT2D eigenvalue weighted by atomic mass is 16.4. The molecular weight excluding hydrogens is 290 g/mol. The Balaban J connectivity index is 5.37. The molecule has 23 heavy (non-hydrogen) atoms. The van der Waals surface area contributed by atoms with E-state index in [9.17, 15) is 14.7 Å². The lowest BCUT2D eigenvalue weighted by Crippen LogP contribution is -2.48. The zero-order valence-electron chi connectivity index (χ0n) is 15.1. The number of rotatable bonds is 10. The van der Waals surface area contributed by atoms with Gasteiger partial charge in [0.05, 0.1) is 0 Å². The summed E-state index contributed by atoms with van der Waals surface area (Å²) in [6.45, 7) is 13.6. The van der Waals surface area contributed by atoms with Crippen LogP contribution < -0.4 is 0 Å². The number of aliphatic carboxylic acids is 1. The van der Waals surface area contributed by atoms with Crippen molar-refractivity contribution in [2.45, 2.75) is 59.9 Å². The van der Waals surface area contributed by atoms with Gasteiger partial charge in [0.1, 0.15) is 6.04 Å². The zero-order chi connectivity index (χ0) is 18.0. The maximum Gasteiger partial charge on any atom is 0.326 e. The van der Waals surface area contributed by atoms with Crippen LogP contribution in [-0.2, 0) is 9.59 Å². The van der Waals surface area contributed by atoms with Crippen molar-refractivity contribution in [1.29, 1.82) is 0 Å². The third kappa shape index (κ3) is 7.82. The van der Waals surface area contributed by atoms with Crippen LogP contribution in [-0.4, -0.2) is 34.5 Å². The Bertz CT molecular complexity index is 475. The lowest BCUT2D eigenvalue weighted by atomic mass is 10.0. The SMILES string of the molecule is C=C/C(C)=C\C=C(/C)CN(C(=O)CCCC)C(C(=O)O)C(C)C. The minimum absolute atomic E-state index is 0.0925. The normalized spacial score (nSPS) is 13.8. The van der Waals surface area contributed by atoms with Gasteiger partial charge in [0, 0.05) is 13.0 Å². The highest BCUT2D eigenvalue weighted by Crippen LogP contribution is 2.16. The third-order valence-electron chi connectivity index (χ3n) is 3.66. The summed E-state index contributed by atoms with van der Waals surface area (Å²) in [6, 6.07) is -0.799. The fourth-order valence-corrected chi connectivity index (χ4v) is 2.25. The number of hydrogen-bond acceptors (Lipinski definition) is 2. The molecule has 0 aliphatic rings. The quantitative estimate of drug-likeness (QED) is 0.614. The number of allylic oxidation sites excluding steroid dienone is 4. The van der Waals surface area contributed by atoms with Crippen molar-refractivity contribution in [1.82, 2.24) is 4.90 Å². The van der Waals surface area contributed by atoms with Crippen LogP contribution >= 0.6 is 0 Å². The molecule has 0 aromatic heterocycles. The summed E-state index contributed by atoms with van der Waals surface area (Å²) in [5.74, 6) is -1.18. The summed E-state index contributed by atoms with van der Waals surface area (Å²) in [7, 11) is 0. The lowest BCUT2D eigenvalue weighted by molar-refractivity contribution is -0.151. The first-order chi connectivity index (χ1) is 10.7. The molecule has 0 rings (SSSR count). The van der Waals surface area contributed by atoms with E-state index in [1.165, 1.54) is 4.90 Å². The summed E-state index contributed by atoms with van der Waals surface area (Å²) >= 11 is 0. The van der Waals surface area contributed by atoms with Crippen molar-refractivity contribution in [3.63, 3.8) is 0 Å². The second-order valence-corrected chi connectivity index (χ2v) is 6.28. The highest BCUT2D eigenvalue weighted by Gasteiger charge is 2.31. The van der Waals surface area contributed by atoms with Crippen LogP contribution in [0, 0.1) is 5.92 Å². The molecule has 0 aliphatic carbocycles. The monoisotopic (exact) mass is 321 g/mol. The first-order valence-corrected chi connectivity index (χ1v) is 8.23. The average molecular weight is 321 g/mol. The molecule has 0 saturated heterocycles. The maximum atomic E-state index is 12.5. The molecule has 1 N–H and O–H groups in total. The van der Waals surface area contributed by atoms with Gasteiger partial charge in [-0.05, 0) is 26.2 Å². The molecule has 0 radical (unpaired) electrons. The van der Waals surface area contributed by atoms with E-state index in [4.69, 9.17) is 0 Å². The maximum absolute atomic E-state index is 12.5. The molecule has 0 aliphatic heterocycles. The van der Waals surface area contributed by atoms with Crippen molar-refractivity contribution in [3.05, 3.63) is 36.0 Å². The van der Waals surface area contributed by atoms with Gasteiger partial charge in [0.2, 0.25) is 5.91 Å². The molecule has 1 unspecified atom stereocenters. The summed E-state index contributed by atoms with van der Waals surface area (Å²) in [5, 5.41) is 9.52. The van der Waals surface area contributed by atoms with Crippen molar-refractivity contribution in [2.24, 2.45) is 5.92 Å². The predicted molar refractivity (Wildman–Crippen MR) is 95.2 cm³/mol. The zero-order valence-corrected chi connectivity index (χ0v) is 15.1. The number of carbonyl (C=O) groups excluding carboxylic acids is 1. The van der Waals surface area contributed by atoms with Crippen LogP contribution in [0.15, 0.2) is 36.0 Å². The molecule has 0 spiro atoms. The average Bonchev–Trinajstić information content (AvgIpc) is 2.48. The number of amides is 1. The molecule has 0 fully saturated rings. The van der Waals surface area contributed by atoms with Gasteiger partial charge in [-0.2, -0.15) is 0 Å².